The van der Waals surface area contributed by atoms with Crippen molar-refractivity contribution < 1.29 is 9.13 Å². The number of nitrogens with one attached hydrogen (secondary N) is 1. The van der Waals surface area contributed by atoms with Crippen molar-refractivity contribution in [2.24, 2.45) is 0 Å². The average molecular weight is 197 g/mol. The standard InChI is InChI=1S/C11H16FNO/c1-8-4-10(12)6-11(5-8)13-9(2)7-14-3/h4-6,9,13H,7H2,1-3H3/t9-/m0/s1. The Morgan fingerprint density at radius 3 is 2.71 bits per heavy atom. The van der Waals surface area contributed by atoms with Crippen LogP contribution < -0.4 is 5.32 Å². The van der Waals surface area contributed by atoms with E-state index in [1.54, 1.807) is 7.11 Å². The minimum Gasteiger partial charge on any atom is -0.383 e. The molecule has 0 saturated carbocycles. The van der Waals surface area contributed by atoms with Gasteiger partial charge in [0.15, 0.2) is 0 Å². The maximum atomic E-state index is 13.0. The lowest BCUT2D eigenvalue weighted by atomic mass is 10.2. The summed E-state index contributed by atoms with van der Waals surface area (Å²) in [6, 6.07) is 5.09. The van der Waals surface area contributed by atoms with Gasteiger partial charge in [-0.05, 0) is 37.6 Å². The quantitative estimate of drug-likeness (QED) is 0.801. The van der Waals surface area contributed by atoms with E-state index in [0.717, 1.165) is 11.3 Å². The molecule has 0 bridgehead atoms. The Labute approximate surface area is 84.1 Å². The van der Waals surface area contributed by atoms with Crippen molar-refractivity contribution in [2.75, 3.05) is 19.0 Å². The smallest absolute Gasteiger partial charge is 0.125 e. The van der Waals surface area contributed by atoms with Crippen LogP contribution in [0.2, 0.25) is 0 Å². The van der Waals surface area contributed by atoms with Crippen LogP contribution >= 0.6 is 0 Å². The van der Waals surface area contributed by atoms with Crippen molar-refractivity contribution in [2.45, 2.75) is 19.9 Å². The third-order valence-corrected chi connectivity index (χ3v) is 1.87. The molecule has 0 aromatic heterocycles. The van der Waals surface area contributed by atoms with Gasteiger partial charge in [0.1, 0.15) is 5.82 Å². The monoisotopic (exact) mass is 197 g/mol. The summed E-state index contributed by atoms with van der Waals surface area (Å²) in [5.74, 6) is -0.211. The highest BCUT2D eigenvalue weighted by Gasteiger charge is 2.02. The lowest BCUT2D eigenvalue weighted by Gasteiger charge is -2.14. The summed E-state index contributed by atoms with van der Waals surface area (Å²) in [5.41, 5.74) is 1.71. The van der Waals surface area contributed by atoms with Crippen molar-refractivity contribution in [1.29, 1.82) is 0 Å². The van der Waals surface area contributed by atoms with Crippen LogP contribution in [-0.2, 0) is 4.74 Å². The normalized spacial score (nSPS) is 12.6. The van der Waals surface area contributed by atoms with E-state index in [1.165, 1.54) is 12.1 Å². The van der Waals surface area contributed by atoms with Crippen LogP contribution in [-0.4, -0.2) is 19.8 Å². The van der Waals surface area contributed by atoms with Gasteiger partial charge in [-0.15, -0.1) is 0 Å². The molecule has 0 fully saturated rings. The van der Waals surface area contributed by atoms with Crippen LogP contribution in [0.1, 0.15) is 12.5 Å². The predicted octanol–water partition coefficient (Wildman–Crippen LogP) is 2.58. The summed E-state index contributed by atoms with van der Waals surface area (Å²) in [5, 5.41) is 3.16. The molecule has 0 aliphatic rings. The van der Waals surface area contributed by atoms with Gasteiger partial charge in [0.2, 0.25) is 0 Å². The Bertz CT molecular complexity index is 281. The maximum absolute atomic E-state index is 13.0. The van der Waals surface area contributed by atoms with Crippen molar-refractivity contribution in [3.05, 3.63) is 29.6 Å². The number of anilines is 1. The van der Waals surface area contributed by atoms with Gasteiger partial charge < -0.3 is 10.1 Å². The van der Waals surface area contributed by atoms with Gasteiger partial charge in [-0.1, -0.05) is 0 Å². The molecule has 14 heavy (non-hydrogen) atoms. The molecule has 0 heterocycles. The van der Waals surface area contributed by atoms with E-state index in [0.29, 0.717) is 6.61 Å². The number of rotatable bonds is 4. The summed E-state index contributed by atoms with van der Waals surface area (Å²) >= 11 is 0. The van der Waals surface area contributed by atoms with Crippen LogP contribution in [0.5, 0.6) is 0 Å². The van der Waals surface area contributed by atoms with Gasteiger partial charge in [-0.2, -0.15) is 0 Å². The second-order valence-corrected chi connectivity index (χ2v) is 3.52. The number of hydrogen-bond donors (Lipinski definition) is 1. The molecule has 78 valence electrons. The Kier molecular flexibility index (Phi) is 3.89. The lowest BCUT2D eigenvalue weighted by molar-refractivity contribution is 0.190. The largest absolute Gasteiger partial charge is 0.383 e. The van der Waals surface area contributed by atoms with Gasteiger partial charge in [-0.25, -0.2) is 4.39 Å². The van der Waals surface area contributed by atoms with Gasteiger partial charge in [0, 0.05) is 18.8 Å². The summed E-state index contributed by atoms with van der Waals surface area (Å²) in [6.07, 6.45) is 0. The minimum absolute atomic E-state index is 0.182. The second kappa shape index (κ2) is 4.96. The lowest BCUT2D eigenvalue weighted by Crippen LogP contribution is -2.20. The molecular weight excluding hydrogens is 181 g/mol. The zero-order valence-corrected chi connectivity index (χ0v) is 8.80. The molecule has 1 rings (SSSR count). The molecule has 1 aromatic carbocycles. The minimum atomic E-state index is -0.211. The maximum Gasteiger partial charge on any atom is 0.125 e. The molecule has 1 aromatic rings. The van der Waals surface area contributed by atoms with E-state index in [2.05, 4.69) is 5.32 Å². The van der Waals surface area contributed by atoms with Crippen molar-refractivity contribution in [3.8, 4) is 0 Å². The third kappa shape index (κ3) is 3.34. The van der Waals surface area contributed by atoms with E-state index in [4.69, 9.17) is 4.74 Å². The van der Waals surface area contributed by atoms with Gasteiger partial charge >= 0.3 is 0 Å². The Hall–Kier alpha value is -1.09. The molecule has 0 unspecified atom stereocenters. The average Bonchev–Trinajstić information content (AvgIpc) is 2.01. The predicted molar refractivity (Wildman–Crippen MR) is 56.1 cm³/mol. The Morgan fingerprint density at radius 2 is 2.14 bits per heavy atom. The fourth-order valence-electron chi connectivity index (χ4n) is 1.40. The van der Waals surface area contributed by atoms with E-state index < -0.39 is 0 Å². The Morgan fingerprint density at radius 1 is 1.43 bits per heavy atom. The van der Waals surface area contributed by atoms with Crippen LogP contribution in [0.3, 0.4) is 0 Å². The van der Waals surface area contributed by atoms with E-state index >= 15 is 0 Å². The number of aryl methyl sites for hydroxylation is 1. The van der Waals surface area contributed by atoms with Crippen molar-refractivity contribution in [3.63, 3.8) is 0 Å². The topological polar surface area (TPSA) is 21.3 Å². The highest BCUT2D eigenvalue weighted by atomic mass is 19.1. The Balaban J connectivity index is 2.66. The molecule has 2 nitrogen and oxygen atoms in total. The molecule has 1 N–H and O–H groups in total. The molecule has 0 amide bonds. The molecule has 0 aliphatic heterocycles. The molecule has 3 heteroatoms. The van der Waals surface area contributed by atoms with Gasteiger partial charge in [0.05, 0.1) is 6.61 Å². The van der Waals surface area contributed by atoms with Gasteiger partial charge in [0.25, 0.3) is 0 Å². The molecule has 1 atom stereocenters. The molecule has 0 spiro atoms. The van der Waals surface area contributed by atoms with Crippen molar-refractivity contribution in [1.82, 2.24) is 0 Å². The third-order valence-electron chi connectivity index (χ3n) is 1.87. The molecular formula is C11H16FNO. The van der Waals surface area contributed by atoms with Crippen LogP contribution in [0.15, 0.2) is 18.2 Å². The molecule has 0 saturated heterocycles. The summed E-state index contributed by atoms with van der Waals surface area (Å²) in [6.45, 7) is 4.47. The SMILES string of the molecule is COC[C@H](C)Nc1cc(C)cc(F)c1. The number of ether oxygens (including phenoxy) is 1. The second-order valence-electron chi connectivity index (χ2n) is 3.52. The number of halogens is 1. The first-order chi connectivity index (χ1) is 6.61. The first-order valence-corrected chi connectivity index (χ1v) is 4.64. The zero-order chi connectivity index (χ0) is 10.6. The van der Waals surface area contributed by atoms with Gasteiger partial charge in [-0.3, -0.25) is 0 Å². The molecule has 0 aliphatic carbocycles. The summed E-state index contributed by atoms with van der Waals surface area (Å²) in [4.78, 5) is 0. The number of benzene rings is 1. The van der Waals surface area contributed by atoms with Crippen LogP contribution in [0.25, 0.3) is 0 Å². The van der Waals surface area contributed by atoms with Crippen molar-refractivity contribution >= 4 is 5.69 Å². The van der Waals surface area contributed by atoms with E-state index in [-0.39, 0.29) is 11.9 Å². The first-order valence-electron chi connectivity index (χ1n) is 4.64. The first kappa shape index (κ1) is 11.0. The number of hydrogen-bond acceptors (Lipinski definition) is 2. The molecule has 0 radical (unpaired) electrons. The highest BCUT2D eigenvalue weighted by Crippen LogP contribution is 2.14. The summed E-state index contributed by atoms with van der Waals surface area (Å²) < 4.78 is 18.0. The van der Waals surface area contributed by atoms with Crippen LogP contribution in [0.4, 0.5) is 10.1 Å². The van der Waals surface area contributed by atoms with E-state index in [9.17, 15) is 4.39 Å². The zero-order valence-electron chi connectivity index (χ0n) is 8.80. The highest BCUT2D eigenvalue weighted by molar-refractivity contribution is 5.46. The fourth-order valence-corrected chi connectivity index (χ4v) is 1.40. The number of methoxy groups -OCH3 is 1. The van der Waals surface area contributed by atoms with E-state index in [1.807, 2.05) is 19.9 Å². The fraction of sp³-hybridized carbons (Fsp3) is 0.455. The summed E-state index contributed by atoms with van der Waals surface area (Å²) in [7, 11) is 1.65. The van der Waals surface area contributed by atoms with Crippen LogP contribution in [0, 0.1) is 12.7 Å².